The van der Waals surface area contributed by atoms with Gasteiger partial charge in [0, 0.05) is 51.4 Å². The average Bonchev–Trinajstić information content (AvgIpc) is 2.76. The molecule has 1 aliphatic rings. The molecule has 1 aliphatic heterocycles. The fourth-order valence-electron chi connectivity index (χ4n) is 3.21. The summed E-state index contributed by atoms with van der Waals surface area (Å²) >= 11 is 0. The number of amides is 3. The van der Waals surface area contributed by atoms with Gasteiger partial charge in [0.15, 0.2) is 0 Å². The van der Waals surface area contributed by atoms with Gasteiger partial charge < -0.3 is 25.2 Å². The van der Waals surface area contributed by atoms with Crippen molar-refractivity contribution >= 4 is 23.4 Å². The van der Waals surface area contributed by atoms with Gasteiger partial charge in [-0.05, 0) is 31.2 Å². The van der Waals surface area contributed by atoms with Crippen molar-refractivity contribution in [1.29, 1.82) is 0 Å². The van der Waals surface area contributed by atoms with E-state index in [0.717, 1.165) is 18.9 Å². The van der Waals surface area contributed by atoms with Crippen LogP contribution in [0.3, 0.4) is 0 Å². The van der Waals surface area contributed by atoms with Crippen LogP contribution in [0.15, 0.2) is 42.6 Å². The highest BCUT2D eigenvalue weighted by molar-refractivity contribution is 5.91. The lowest BCUT2D eigenvalue weighted by Gasteiger charge is -2.35. The summed E-state index contributed by atoms with van der Waals surface area (Å²) < 4.78 is 18.7. The third-order valence-corrected chi connectivity index (χ3v) is 4.72. The Morgan fingerprint density at radius 1 is 1.17 bits per heavy atom. The SMILES string of the molecule is CCOc1cc(F)ccc1NC(=O)NCCC(=O)N1CCN(c2ccccn2)CC1. The number of hydrogen-bond donors (Lipinski definition) is 2. The lowest BCUT2D eigenvalue weighted by molar-refractivity contribution is -0.131. The number of carbonyl (C=O) groups is 2. The molecule has 1 fully saturated rings. The summed E-state index contributed by atoms with van der Waals surface area (Å²) in [5.41, 5.74) is 0.368. The summed E-state index contributed by atoms with van der Waals surface area (Å²) in [7, 11) is 0. The molecule has 160 valence electrons. The molecular formula is C21H26FN5O3. The van der Waals surface area contributed by atoms with Gasteiger partial charge in [-0.1, -0.05) is 6.07 Å². The number of carbonyl (C=O) groups excluding carboxylic acids is 2. The minimum atomic E-state index is -0.477. The lowest BCUT2D eigenvalue weighted by atomic mass is 10.2. The number of aromatic nitrogens is 1. The summed E-state index contributed by atoms with van der Waals surface area (Å²) in [5.74, 6) is 0.718. The van der Waals surface area contributed by atoms with E-state index in [-0.39, 0.29) is 24.6 Å². The van der Waals surface area contributed by atoms with Crippen LogP contribution >= 0.6 is 0 Å². The average molecular weight is 415 g/mol. The Labute approximate surface area is 175 Å². The van der Waals surface area contributed by atoms with Crippen LogP contribution < -0.4 is 20.3 Å². The fraction of sp³-hybridized carbons (Fsp3) is 0.381. The Kier molecular flexibility index (Phi) is 7.42. The summed E-state index contributed by atoms with van der Waals surface area (Å²) in [5, 5.41) is 5.27. The van der Waals surface area contributed by atoms with Crippen LogP contribution in [0.2, 0.25) is 0 Å². The highest BCUT2D eigenvalue weighted by atomic mass is 19.1. The van der Waals surface area contributed by atoms with Crippen LogP contribution in [-0.2, 0) is 4.79 Å². The second-order valence-corrected chi connectivity index (χ2v) is 6.76. The van der Waals surface area contributed by atoms with E-state index in [1.165, 1.54) is 18.2 Å². The van der Waals surface area contributed by atoms with Gasteiger partial charge in [-0.2, -0.15) is 0 Å². The van der Waals surface area contributed by atoms with Crippen LogP contribution in [0.25, 0.3) is 0 Å². The zero-order valence-electron chi connectivity index (χ0n) is 16.9. The molecule has 0 saturated carbocycles. The van der Waals surface area contributed by atoms with Gasteiger partial charge in [-0.25, -0.2) is 14.2 Å². The van der Waals surface area contributed by atoms with Crippen LogP contribution in [0.4, 0.5) is 20.7 Å². The number of halogens is 1. The van der Waals surface area contributed by atoms with Crippen molar-refractivity contribution in [2.45, 2.75) is 13.3 Å². The van der Waals surface area contributed by atoms with E-state index in [2.05, 4.69) is 20.5 Å². The first-order valence-corrected chi connectivity index (χ1v) is 9.97. The van der Waals surface area contributed by atoms with E-state index in [4.69, 9.17) is 4.74 Å². The van der Waals surface area contributed by atoms with E-state index in [1.54, 1.807) is 18.0 Å². The zero-order valence-corrected chi connectivity index (χ0v) is 16.9. The molecule has 2 N–H and O–H groups in total. The van der Waals surface area contributed by atoms with Gasteiger partial charge in [0.1, 0.15) is 17.4 Å². The smallest absolute Gasteiger partial charge is 0.319 e. The Balaban J connectivity index is 1.40. The second kappa shape index (κ2) is 10.4. The summed E-state index contributed by atoms with van der Waals surface area (Å²) in [6, 6.07) is 9.19. The normalized spacial score (nSPS) is 13.7. The molecule has 3 rings (SSSR count). The number of hydrogen-bond acceptors (Lipinski definition) is 5. The van der Waals surface area contributed by atoms with Crippen molar-refractivity contribution in [1.82, 2.24) is 15.2 Å². The Bertz CT molecular complexity index is 857. The first-order valence-electron chi connectivity index (χ1n) is 9.97. The van der Waals surface area contributed by atoms with Crippen molar-refractivity contribution in [3.05, 3.63) is 48.4 Å². The maximum atomic E-state index is 13.3. The number of benzene rings is 1. The topological polar surface area (TPSA) is 86.8 Å². The highest BCUT2D eigenvalue weighted by Gasteiger charge is 2.21. The van der Waals surface area contributed by atoms with Crippen LogP contribution in [-0.4, -0.2) is 61.2 Å². The molecule has 1 saturated heterocycles. The maximum Gasteiger partial charge on any atom is 0.319 e. The van der Waals surface area contributed by atoms with Crippen molar-refractivity contribution in [3.8, 4) is 5.75 Å². The Hall–Kier alpha value is -3.36. The van der Waals surface area contributed by atoms with Crippen LogP contribution in [0.1, 0.15) is 13.3 Å². The number of anilines is 2. The third kappa shape index (κ3) is 5.82. The molecule has 0 bridgehead atoms. The van der Waals surface area contributed by atoms with E-state index < -0.39 is 11.8 Å². The fourth-order valence-corrected chi connectivity index (χ4v) is 3.21. The first-order chi connectivity index (χ1) is 14.6. The molecule has 1 aromatic carbocycles. The maximum absolute atomic E-state index is 13.3. The van der Waals surface area contributed by atoms with Crippen LogP contribution in [0, 0.1) is 5.82 Å². The predicted octanol–water partition coefficient (Wildman–Crippen LogP) is 2.48. The van der Waals surface area contributed by atoms with Gasteiger partial charge >= 0.3 is 6.03 Å². The third-order valence-electron chi connectivity index (χ3n) is 4.72. The predicted molar refractivity (Wildman–Crippen MR) is 112 cm³/mol. The van der Waals surface area contributed by atoms with Crippen molar-refractivity contribution < 1.29 is 18.7 Å². The zero-order chi connectivity index (χ0) is 21.3. The Morgan fingerprint density at radius 2 is 1.97 bits per heavy atom. The molecule has 0 atom stereocenters. The second-order valence-electron chi connectivity index (χ2n) is 6.76. The van der Waals surface area contributed by atoms with E-state index >= 15 is 0 Å². The molecule has 0 spiro atoms. The van der Waals surface area contributed by atoms with Gasteiger partial charge in [-0.3, -0.25) is 4.79 Å². The van der Waals surface area contributed by atoms with E-state index in [9.17, 15) is 14.0 Å². The number of nitrogens with zero attached hydrogens (tertiary/aromatic N) is 3. The number of ether oxygens (including phenoxy) is 1. The van der Waals surface area contributed by atoms with Crippen LogP contribution in [0.5, 0.6) is 5.75 Å². The number of pyridine rings is 1. The number of nitrogens with one attached hydrogen (secondary N) is 2. The number of piperazine rings is 1. The molecule has 2 aromatic rings. The minimum Gasteiger partial charge on any atom is -0.492 e. The monoisotopic (exact) mass is 415 g/mol. The molecule has 3 amide bonds. The number of rotatable bonds is 7. The standard InChI is InChI=1S/C21H26FN5O3/c1-2-30-18-15-16(22)6-7-17(18)25-21(29)24-10-8-20(28)27-13-11-26(12-14-27)19-5-3-4-9-23-19/h3-7,9,15H,2,8,10-14H2,1H3,(H2,24,25,29). The molecular weight excluding hydrogens is 389 g/mol. The van der Waals surface area contributed by atoms with Crippen molar-refractivity contribution in [2.24, 2.45) is 0 Å². The lowest BCUT2D eigenvalue weighted by Crippen LogP contribution is -2.49. The van der Waals surface area contributed by atoms with Crippen molar-refractivity contribution in [2.75, 3.05) is 49.5 Å². The first kappa shape index (κ1) is 21.4. The quantitative estimate of drug-likeness (QED) is 0.726. The van der Waals surface area contributed by atoms with Gasteiger partial charge in [0.25, 0.3) is 0 Å². The molecule has 30 heavy (non-hydrogen) atoms. The summed E-state index contributed by atoms with van der Waals surface area (Å²) in [6.45, 7) is 5.02. The molecule has 0 aliphatic carbocycles. The van der Waals surface area contributed by atoms with E-state index in [1.807, 2.05) is 18.2 Å². The Morgan fingerprint density at radius 3 is 2.67 bits per heavy atom. The minimum absolute atomic E-state index is 0.00671. The molecule has 2 heterocycles. The van der Waals surface area contributed by atoms with Gasteiger partial charge in [0.05, 0.1) is 12.3 Å². The molecule has 1 aromatic heterocycles. The highest BCUT2D eigenvalue weighted by Crippen LogP contribution is 2.25. The molecule has 0 radical (unpaired) electrons. The van der Waals surface area contributed by atoms with Gasteiger partial charge in [-0.15, -0.1) is 0 Å². The summed E-state index contributed by atoms with van der Waals surface area (Å²) in [6.07, 6.45) is 1.96. The molecule has 8 nitrogen and oxygen atoms in total. The van der Waals surface area contributed by atoms with Crippen molar-refractivity contribution in [3.63, 3.8) is 0 Å². The molecule has 9 heteroatoms. The van der Waals surface area contributed by atoms with Gasteiger partial charge in [0.2, 0.25) is 5.91 Å². The van der Waals surface area contributed by atoms with E-state index in [0.29, 0.717) is 25.4 Å². The molecule has 0 unspecified atom stereocenters. The summed E-state index contributed by atoms with van der Waals surface area (Å²) in [4.78, 5) is 32.8. The largest absolute Gasteiger partial charge is 0.492 e. The number of urea groups is 1.